The molecule has 3 aromatic rings. The van der Waals surface area contributed by atoms with Gasteiger partial charge in [-0.15, -0.1) is 0 Å². The van der Waals surface area contributed by atoms with E-state index >= 15 is 0 Å². The highest BCUT2D eigenvalue weighted by Gasteiger charge is 2.18. The first-order valence-corrected chi connectivity index (χ1v) is 9.73. The number of hydrogen-bond acceptors (Lipinski definition) is 3. The van der Waals surface area contributed by atoms with Crippen molar-refractivity contribution >= 4 is 23.2 Å². The maximum absolute atomic E-state index is 13.0. The van der Waals surface area contributed by atoms with E-state index in [1.165, 1.54) is 12.4 Å². The van der Waals surface area contributed by atoms with E-state index in [1.807, 2.05) is 61.5 Å². The fraction of sp³-hybridized carbons (Fsp3) is 0.208. The molecule has 0 atom stereocenters. The summed E-state index contributed by atoms with van der Waals surface area (Å²) in [6.45, 7) is 6.59. The molecule has 3 rings (SSSR count). The van der Waals surface area contributed by atoms with E-state index in [4.69, 9.17) is 0 Å². The second-order valence-corrected chi connectivity index (χ2v) is 7.04. The number of nitrogens with zero attached hydrogens (tertiary/aromatic N) is 2. The van der Waals surface area contributed by atoms with E-state index in [2.05, 4.69) is 24.1 Å². The summed E-state index contributed by atoms with van der Waals surface area (Å²) in [6.07, 6.45) is 2.97. The minimum atomic E-state index is -0.289. The third kappa shape index (κ3) is 4.69. The molecule has 0 bridgehead atoms. The van der Waals surface area contributed by atoms with Gasteiger partial charge in [0.15, 0.2) is 0 Å². The number of para-hydroxylation sites is 2. The molecule has 0 aliphatic rings. The van der Waals surface area contributed by atoms with Crippen LogP contribution in [0.3, 0.4) is 0 Å². The average Bonchev–Trinajstić information content (AvgIpc) is 2.75. The first-order chi connectivity index (χ1) is 14.0. The molecule has 0 fully saturated rings. The number of amides is 2. The molecule has 1 heterocycles. The number of carbonyl (C=O) groups excluding carboxylic acids is 2. The van der Waals surface area contributed by atoms with Crippen molar-refractivity contribution in [1.29, 1.82) is 0 Å². The Labute approximate surface area is 171 Å². The molecule has 0 aliphatic heterocycles. The van der Waals surface area contributed by atoms with Crippen molar-refractivity contribution in [3.8, 4) is 0 Å². The topological polar surface area (TPSA) is 62.3 Å². The average molecular weight is 387 g/mol. The van der Waals surface area contributed by atoms with Crippen LogP contribution in [0.1, 0.15) is 53.0 Å². The summed E-state index contributed by atoms with van der Waals surface area (Å²) in [6, 6.07) is 18.8. The fourth-order valence-electron chi connectivity index (χ4n) is 3.20. The van der Waals surface area contributed by atoms with Crippen molar-refractivity contribution in [3.05, 3.63) is 89.7 Å². The predicted molar refractivity (Wildman–Crippen MR) is 117 cm³/mol. The summed E-state index contributed by atoms with van der Waals surface area (Å²) in [5, 5.41) is 2.95. The predicted octanol–water partition coefficient (Wildman–Crippen LogP) is 5.12. The van der Waals surface area contributed by atoms with Gasteiger partial charge in [-0.25, -0.2) is 0 Å². The van der Waals surface area contributed by atoms with Crippen molar-refractivity contribution in [2.45, 2.75) is 26.7 Å². The Kier molecular flexibility index (Phi) is 6.39. The van der Waals surface area contributed by atoms with Crippen LogP contribution < -0.4 is 10.2 Å². The highest BCUT2D eigenvalue weighted by atomic mass is 16.2. The van der Waals surface area contributed by atoms with Gasteiger partial charge in [-0.2, -0.15) is 0 Å². The molecule has 2 aromatic carbocycles. The van der Waals surface area contributed by atoms with Crippen LogP contribution >= 0.6 is 0 Å². The van der Waals surface area contributed by atoms with Crippen molar-refractivity contribution in [1.82, 2.24) is 4.98 Å². The van der Waals surface area contributed by atoms with Gasteiger partial charge in [0, 0.05) is 30.3 Å². The number of pyridine rings is 1. The van der Waals surface area contributed by atoms with Crippen LogP contribution in [0.5, 0.6) is 0 Å². The molecule has 29 heavy (non-hydrogen) atoms. The van der Waals surface area contributed by atoms with E-state index < -0.39 is 0 Å². The van der Waals surface area contributed by atoms with Crippen LogP contribution in [0.25, 0.3) is 0 Å². The molecule has 1 N–H and O–H groups in total. The second kappa shape index (κ2) is 9.15. The largest absolute Gasteiger partial charge is 0.322 e. The third-order valence-corrected chi connectivity index (χ3v) is 4.71. The van der Waals surface area contributed by atoms with E-state index in [9.17, 15) is 9.59 Å². The molecule has 0 aliphatic carbocycles. The summed E-state index contributed by atoms with van der Waals surface area (Å²) >= 11 is 0. The van der Waals surface area contributed by atoms with Gasteiger partial charge in [0.25, 0.3) is 11.8 Å². The lowest BCUT2D eigenvalue weighted by Gasteiger charge is -2.21. The second-order valence-electron chi connectivity index (χ2n) is 7.04. The van der Waals surface area contributed by atoms with Crippen molar-refractivity contribution in [3.63, 3.8) is 0 Å². The van der Waals surface area contributed by atoms with E-state index in [0.717, 1.165) is 16.9 Å². The maximum atomic E-state index is 13.0. The fourth-order valence-corrected chi connectivity index (χ4v) is 3.20. The van der Waals surface area contributed by atoms with Crippen LogP contribution in [0, 0.1) is 0 Å². The van der Waals surface area contributed by atoms with Gasteiger partial charge in [-0.05, 0) is 42.7 Å². The Balaban J connectivity index is 1.84. The summed E-state index contributed by atoms with van der Waals surface area (Å²) < 4.78 is 0. The molecular weight excluding hydrogens is 362 g/mol. The van der Waals surface area contributed by atoms with Gasteiger partial charge in [-0.3, -0.25) is 14.6 Å². The molecule has 2 amide bonds. The summed E-state index contributed by atoms with van der Waals surface area (Å²) in [7, 11) is 0. The minimum absolute atomic E-state index is 0.191. The van der Waals surface area contributed by atoms with Gasteiger partial charge < -0.3 is 10.2 Å². The molecule has 1 aromatic heterocycles. The molecule has 0 radical (unpaired) electrons. The van der Waals surface area contributed by atoms with Gasteiger partial charge in [-0.1, -0.05) is 50.2 Å². The van der Waals surface area contributed by atoms with Crippen molar-refractivity contribution < 1.29 is 9.59 Å². The molecule has 5 nitrogen and oxygen atoms in total. The molecule has 0 spiro atoms. The highest BCUT2D eigenvalue weighted by Crippen LogP contribution is 2.24. The van der Waals surface area contributed by atoms with Crippen LogP contribution in [-0.4, -0.2) is 23.3 Å². The molecule has 0 unspecified atom stereocenters. The number of anilines is 2. The molecular formula is C24H25N3O2. The van der Waals surface area contributed by atoms with Crippen LogP contribution in [0.15, 0.2) is 73.1 Å². The van der Waals surface area contributed by atoms with E-state index in [0.29, 0.717) is 17.7 Å². The minimum Gasteiger partial charge on any atom is -0.322 e. The lowest BCUT2D eigenvalue weighted by molar-refractivity contribution is 0.0988. The number of nitrogens with one attached hydrogen (secondary N) is 1. The van der Waals surface area contributed by atoms with Gasteiger partial charge in [0.05, 0.1) is 11.1 Å². The Bertz CT molecular complexity index is 1000. The third-order valence-electron chi connectivity index (χ3n) is 4.71. The van der Waals surface area contributed by atoms with Crippen LogP contribution in [0.4, 0.5) is 11.4 Å². The first-order valence-electron chi connectivity index (χ1n) is 9.73. The van der Waals surface area contributed by atoms with Crippen molar-refractivity contribution in [2.24, 2.45) is 0 Å². The highest BCUT2D eigenvalue weighted by molar-refractivity contribution is 6.09. The SMILES string of the molecule is CCN(C(=O)c1cncc(C(=O)Nc2ccccc2C(C)C)c1)c1ccccc1. The quantitative estimate of drug-likeness (QED) is 0.638. The smallest absolute Gasteiger partial charge is 0.259 e. The number of aromatic nitrogens is 1. The lowest BCUT2D eigenvalue weighted by atomic mass is 10.0. The zero-order chi connectivity index (χ0) is 20.8. The Morgan fingerprint density at radius 2 is 1.62 bits per heavy atom. The van der Waals surface area contributed by atoms with Gasteiger partial charge >= 0.3 is 0 Å². The Morgan fingerprint density at radius 1 is 0.966 bits per heavy atom. The van der Waals surface area contributed by atoms with E-state index in [1.54, 1.807) is 11.0 Å². The summed E-state index contributed by atoms with van der Waals surface area (Å²) in [4.78, 5) is 31.6. The lowest BCUT2D eigenvalue weighted by Crippen LogP contribution is -2.31. The Morgan fingerprint density at radius 3 is 2.31 bits per heavy atom. The molecule has 0 saturated heterocycles. The van der Waals surface area contributed by atoms with Crippen molar-refractivity contribution in [2.75, 3.05) is 16.8 Å². The molecule has 5 heteroatoms. The number of carbonyl (C=O) groups is 2. The van der Waals surface area contributed by atoms with Crippen LogP contribution in [0.2, 0.25) is 0 Å². The normalized spacial score (nSPS) is 10.6. The standard InChI is InChI=1S/C24H25N3O2/c1-4-27(20-10-6-5-7-11-20)24(29)19-14-18(15-25-16-19)23(28)26-22-13-9-8-12-21(22)17(2)3/h5-17H,4H2,1-3H3,(H,26,28). The summed E-state index contributed by atoms with van der Waals surface area (Å²) in [5.41, 5.74) is 3.35. The molecule has 0 saturated carbocycles. The zero-order valence-electron chi connectivity index (χ0n) is 16.9. The summed E-state index contributed by atoms with van der Waals surface area (Å²) in [5.74, 6) is -0.201. The first kappa shape index (κ1) is 20.3. The van der Waals surface area contributed by atoms with Gasteiger partial charge in [0.2, 0.25) is 0 Å². The molecule has 148 valence electrons. The number of rotatable bonds is 6. The number of hydrogen-bond donors (Lipinski definition) is 1. The number of benzene rings is 2. The van der Waals surface area contributed by atoms with Crippen LogP contribution in [-0.2, 0) is 0 Å². The maximum Gasteiger partial charge on any atom is 0.259 e. The van der Waals surface area contributed by atoms with E-state index in [-0.39, 0.29) is 17.7 Å². The van der Waals surface area contributed by atoms with Gasteiger partial charge in [0.1, 0.15) is 0 Å². The zero-order valence-corrected chi connectivity index (χ0v) is 16.9. The Hall–Kier alpha value is -3.47. The monoisotopic (exact) mass is 387 g/mol.